The van der Waals surface area contributed by atoms with Gasteiger partial charge in [-0.05, 0) is 42.5 Å². The molecule has 1 saturated heterocycles. The monoisotopic (exact) mass is 456 g/mol. The van der Waals surface area contributed by atoms with Crippen molar-refractivity contribution in [2.24, 2.45) is 0 Å². The third kappa shape index (κ3) is 6.44. The quantitative estimate of drug-likeness (QED) is 0.640. The van der Waals surface area contributed by atoms with Crippen molar-refractivity contribution in [3.05, 3.63) is 52.2 Å². The van der Waals surface area contributed by atoms with Crippen molar-refractivity contribution in [3.8, 4) is 5.75 Å². The van der Waals surface area contributed by atoms with Crippen molar-refractivity contribution < 1.29 is 32.6 Å². The molecule has 3 rings (SSSR count). The summed E-state index contributed by atoms with van der Waals surface area (Å²) in [6.07, 6.45) is -4.10. The minimum absolute atomic E-state index is 0.0265. The van der Waals surface area contributed by atoms with E-state index in [1.54, 1.807) is 4.90 Å². The number of amides is 2. The van der Waals surface area contributed by atoms with Crippen molar-refractivity contribution in [2.45, 2.75) is 37.6 Å². The summed E-state index contributed by atoms with van der Waals surface area (Å²) in [4.78, 5) is 27.5. The number of alkyl halides is 3. The van der Waals surface area contributed by atoms with Crippen molar-refractivity contribution in [3.63, 3.8) is 0 Å². The maximum atomic E-state index is 12.7. The normalized spacial score (nSPS) is 17.4. The molecule has 0 saturated carbocycles. The second kappa shape index (κ2) is 10.1. The minimum Gasteiger partial charge on any atom is -0.491 e. The summed E-state index contributed by atoms with van der Waals surface area (Å²) in [7, 11) is 0. The van der Waals surface area contributed by atoms with E-state index in [2.05, 4.69) is 5.32 Å². The van der Waals surface area contributed by atoms with Crippen LogP contribution in [0.5, 0.6) is 5.75 Å². The summed E-state index contributed by atoms with van der Waals surface area (Å²) in [5.41, 5.74) is -0.846. The number of likely N-dealkylation sites (tertiary alicyclic amines) is 1. The van der Waals surface area contributed by atoms with E-state index in [4.69, 9.17) is 4.74 Å². The van der Waals surface area contributed by atoms with Crippen LogP contribution in [0.1, 0.15) is 23.3 Å². The van der Waals surface area contributed by atoms with Gasteiger partial charge in [0.25, 0.3) is 0 Å². The maximum Gasteiger partial charge on any atom is 0.416 e. The van der Waals surface area contributed by atoms with Gasteiger partial charge in [0.1, 0.15) is 24.5 Å². The highest BCUT2D eigenvalue weighted by atomic mass is 32.1. The molecule has 31 heavy (non-hydrogen) atoms. The van der Waals surface area contributed by atoms with Crippen molar-refractivity contribution in [1.82, 2.24) is 10.2 Å². The molecule has 1 aliphatic heterocycles. The fourth-order valence-corrected chi connectivity index (χ4v) is 4.05. The third-order valence-corrected chi connectivity index (χ3v) is 5.77. The lowest BCUT2D eigenvalue weighted by atomic mass is 10.2. The van der Waals surface area contributed by atoms with Gasteiger partial charge in [0.15, 0.2) is 0 Å². The Hall–Kier alpha value is -2.59. The first kappa shape index (κ1) is 23.1. The van der Waals surface area contributed by atoms with Crippen LogP contribution in [-0.2, 0) is 22.2 Å². The fourth-order valence-electron chi connectivity index (χ4n) is 3.35. The number of carbonyl (C=O) groups is 2. The first-order chi connectivity index (χ1) is 14.7. The molecule has 10 heteroatoms. The van der Waals surface area contributed by atoms with E-state index in [0.29, 0.717) is 13.0 Å². The van der Waals surface area contributed by atoms with Gasteiger partial charge in [0.2, 0.25) is 11.8 Å². The number of aliphatic hydroxyl groups is 1. The van der Waals surface area contributed by atoms with Gasteiger partial charge < -0.3 is 20.1 Å². The van der Waals surface area contributed by atoms with E-state index < -0.39 is 23.9 Å². The van der Waals surface area contributed by atoms with Crippen molar-refractivity contribution in [2.75, 3.05) is 19.7 Å². The molecule has 1 aliphatic rings. The molecule has 2 unspecified atom stereocenters. The number of rotatable bonds is 8. The Labute approximate surface area is 181 Å². The van der Waals surface area contributed by atoms with Gasteiger partial charge in [-0.2, -0.15) is 13.2 Å². The Kier molecular flexibility index (Phi) is 7.55. The van der Waals surface area contributed by atoms with Gasteiger partial charge in [-0.1, -0.05) is 12.1 Å². The molecule has 0 bridgehead atoms. The van der Waals surface area contributed by atoms with Crippen LogP contribution in [0, 0.1) is 0 Å². The predicted molar refractivity (Wildman–Crippen MR) is 109 cm³/mol. The summed E-state index contributed by atoms with van der Waals surface area (Å²) in [5, 5.41) is 14.5. The van der Waals surface area contributed by atoms with Crippen LogP contribution in [0.15, 0.2) is 41.8 Å². The van der Waals surface area contributed by atoms with Gasteiger partial charge in [0.05, 0.1) is 12.0 Å². The van der Waals surface area contributed by atoms with Crippen molar-refractivity contribution >= 4 is 23.2 Å². The lowest BCUT2D eigenvalue weighted by molar-refractivity contribution is -0.138. The zero-order valence-corrected chi connectivity index (χ0v) is 17.4. The first-order valence-electron chi connectivity index (χ1n) is 9.81. The standard InChI is InChI=1S/C21H23F3N2O4S/c22-21(23,24)14-4-1-5-16(10-14)30-13-15(27)12-25-20(29)18-7-2-8-26(18)19(28)11-17-6-3-9-31-17/h1,3-6,9-10,15,18,27H,2,7-8,11-13H2,(H,25,29). The average Bonchev–Trinajstić information content (AvgIpc) is 3.42. The fraction of sp³-hybridized carbons (Fsp3) is 0.429. The molecule has 0 radical (unpaired) electrons. The molecule has 1 aromatic carbocycles. The molecule has 1 aromatic heterocycles. The summed E-state index contributed by atoms with van der Waals surface area (Å²) in [5.74, 6) is -0.509. The number of aliphatic hydroxyl groups excluding tert-OH is 1. The summed E-state index contributed by atoms with van der Waals surface area (Å²) in [6, 6.07) is 7.49. The number of ether oxygens (including phenoxy) is 1. The number of halogens is 3. The van der Waals surface area contributed by atoms with Gasteiger partial charge in [0, 0.05) is 18.0 Å². The van der Waals surface area contributed by atoms with E-state index in [1.807, 2.05) is 17.5 Å². The highest BCUT2D eigenvalue weighted by molar-refractivity contribution is 7.10. The summed E-state index contributed by atoms with van der Waals surface area (Å²) >= 11 is 1.48. The van der Waals surface area contributed by atoms with E-state index in [9.17, 15) is 27.9 Å². The Bertz CT molecular complexity index is 889. The molecule has 168 valence electrons. The van der Waals surface area contributed by atoms with Crippen LogP contribution in [0.25, 0.3) is 0 Å². The number of thiophene rings is 1. The third-order valence-electron chi connectivity index (χ3n) is 4.90. The number of benzene rings is 1. The zero-order valence-electron chi connectivity index (χ0n) is 16.6. The molecule has 2 N–H and O–H groups in total. The number of hydrogen-bond donors (Lipinski definition) is 2. The molecule has 2 atom stereocenters. The van der Waals surface area contributed by atoms with Crippen LogP contribution in [0.2, 0.25) is 0 Å². The number of hydrogen-bond acceptors (Lipinski definition) is 5. The van der Waals surface area contributed by atoms with Crippen LogP contribution < -0.4 is 10.1 Å². The second-order valence-corrected chi connectivity index (χ2v) is 8.27. The Morgan fingerprint density at radius 2 is 2.10 bits per heavy atom. The molecule has 0 spiro atoms. The molecular formula is C21H23F3N2O4S. The minimum atomic E-state index is -4.49. The van der Waals surface area contributed by atoms with E-state index in [-0.39, 0.29) is 37.1 Å². The highest BCUT2D eigenvalue weighted by Crippen LogP contribution is 2.31. The lowest BCUT2D eigenvalue weighted by Crippen LogP contribution is -2.48. The second-order valence-electron chi connectivity index (χ2n) is 7.24. The van der Waals surface area contributed by atoms with Crippen LogP contribution in [-0.4, -0.2) is 53.7 Å². The predicted octanol–water partition coefficient (Wildman–Crippen LogP) is 2.86. The van der Waals surface area contributed by atoms with Gasteiger partial charge in [-0.3, -0.25) is 9.59 Å². The van der Waals surface area contributed by atoms with E-state index >= 15 is 0 Å². The number of nitrogens with zero attached hydrogens (tertiary/aromatic N) is 1. The number of nitrogens with one attached hydrogen (secondary N) is 1. The van der Waals surface area contributed by atoms with Crippen LogP contribution in [0.4, 0.5) is 13.2 Å². The summed E-state index contributed by atoms with van der Waals surface area (Å²) in [6.45, 7) is 0.0814. The SMILES string of the molecule is O=C(NCC(O)COc1cccc(C(F)(F)F)c1)C1CCCN1C(=O)Cc1cccs1. The maximum absolute atomic E-state index is 12.7. The van der Waals surface area contributed by atoms with Crippen LogP contribution >= 0.6 is 11.3 Å². The largest absolute Gasteiger partial charge is 0.491 e. The molecule has 6 nitrogen and oxygen atoms in total. The smallest absolute Gasteiger partial charge is 0.416 e. The first-order valence-corrected chi connectivity index (χ1v) is 10.7. The van der Waals surface area contributed by atoms with E-state index in [1.165, 1.54) is 23.5 Å². The average molecular weight is 456 g/mol. The number of carbonyl (C=O) groups excluding carboxylic acids is 2. The molecular weight excluding hydrogens is 433 g/mol. The van der Waals surface area contributed by atoms with Crippen molar-refractivity contribution in [1.29, 1.82) is 0 Å². The van der Waals surface area contributed by atoms with Gasteiger partial charge >= 0.3 is 6.18 Å². The Morgan fingerprint density at radius 1 is 1.29 bits per heavy atom. The van der Waals surface area contributed by atoms with Gasteiger partial charge in [-0.15, -0.1) is 11.3 Å². The summed E-state index contributed by atoms with van der Waals surface area (Å²) < 4.78 is 43.4. The molecule has 1 fully saturated rings. The van der Waals surface area contributed by atoms with E-state index in [0.717, 1.165) is 23.4 Å². The highest BCUT2D eigenvalue weighted by Gasteiger charge is 2.34. The molecule has 2 aromatic rings. The van der Waals surface area contributed by atoms with Gasteiger partial charge in [-0.25, -0.2) is 0 Å². The molecule has 2 amide bonds. The van der Waals surface area contributed by atoms with Crippen LogP contribution in [0.3, 0.4) is 0 Å². The molecule has 2 heterocycles. The topological polar surface area (TPSA) is 78.9 Å². The lowest BCUT2D eigenvalue weighted by Gasteiger charge is -2.24. The molecule has 0 aliphatic carbocycles. The Balaban J connectivity index is 1.45. The zero-order chi connectivity index (χ0) is 22.4. The Morgan fingerprint density at radius 3 is 2.81 bits per heavy atom.